The van der Waals surface area contributed by atoms with Crippen LogP contribution in [0.1, 0.15) is 62.9 Å². The van der Waals surface area contributed by atoms with Gasteiger partial charge in [-0.05, 0) is 32.6 Å². The molecular weight excluding hydrogens is 606 g/mol. The van der Waals surface area contributed by atoms with Gasteiger partial charge in [-0.15, -0.1) is 0 Å². The second-order valence-electron chi connectivity index (χ2n) is 11.7. The molecule has 4 rings (SSSR count). The van der Waals surface area contributed by atoms with Gasteiger partial charge in [0.25, 0.3) is 5.91 Å². The fourth-order valence-electron chi connectivity index (χ4n) is 5.60. The fraction of sp³-hybridized carbons (Fsp3) is 0.545. The minimum atomic E-state index is -1.12. The molecule has 1 aromatic heterocycles. The van der Waals surface area contributed by atoms with E-state index >= 15 is 0 Å². The zero-order valence-corrected chi connectivity index (χ0v) is 27.2. The van der Waals surface area contributed by atoms with Gasteiger partial charge in [-0.25, -0.2) is 14.8 Å². The number of hydrogen-bond acceptors (Lipinski definition) is 9. The quantitative estimate of drug-likeness (QED) is 0.273. The predicted octanol–water partition coefficient (Wildman–Crippen LogP) is 2.54. The van der Waals surface area contributed by atoms with E-state index in [0.717, 1.165) is 12.8 Å². The Balaban J connectivity index is 1.50. The van der Waals surface area contributed by atoms with Crippen molar-refractivity contribution in [3.05, 3.63) is 42.1 Å². The molecule has 2 saturated heterocycles. The number of piperidine rings is 1. The Bertz CT molecular complexity index is 1390. The third kappa shape index (κ3) is 9.87. The summed E-state index contributed by atoms with van der Waals surface area (Å²) in [6.07, 6.45) is 2.07. The largest absolute Gasteiger partial charge is 0.481 e. The van der Waals surface area contributed by atoms with Gasteiger partial charge in [0.1, 0.15) is 17.6 Å². The second kappa shape index (κ2) is 17.2. The van der Waals surface area contributed by atoms with Crippen molar-refractivity contribution in [2.24, 2.45) is 5.92 Å². The molecule has 2 aliphatic heterocycles. The van der Waals surface area contributed by atoms with E-state index in [-0.39, 0.29) is 56.5 Å². The molecule has 2 fully saturated rings. The molecule has 47 heavy (non-hydrogen) atoms. The molecule has 1 atom stereocenters. The summed E-state index contributed by atoms with van der Waals surface area (Å²) in [5.41, 5.74) is 0.734. The van der Waals surface area contributed by atoms with Crippen LogP contribution in [-0.4, -0.2) is 113 Å². The molecule has 2 aromatic rings. The minimum absolute atomic E-state index is 0.0327. The number of amides is 4. The van der Waals surface area contributed by atoms with Gasteiger partial charge in [0, 0.05) is 69.8 Å². The highest BCUT2D eigenvalue weighted by atomic mass is 16.6. The summed E-state index contributed by atoms with van der Waals surface area (Å²) in [5, 5.41) is 15.0. The molecule has 3 heterocycles. The summed E-state index contributed by atoms with van der Waals surface area (Å²) >= 11 is 0. The van der Waals surface area contributed by atoms with Crippen molar-refractivity contribution in [3.8, 4) is 11.4 Å². The molecular formula is C33H45N7O7. The Morgan fingerprint density at radius 3 is 2.28 bits per heavy atom. The van der Waals surface area contributed by atoms with Crippen molar-refractivity contribution in [3.63, 3.8) is 0 Å². The lowest BCUT2D eigenvalue weighted by molar-refractivity contribution is -0.138. The number of benzene rings is 1. The van der Waals surface area contributed by atoms with E-state index in [1.54, 1.807) is 6.07 Å². The van der Waals surface area contributed by atoms with Gasteiger partial charge in [0.15, 0.2) is 5.82 Å². The number of carboxylic acid groups (broad SMARTS) is 1. The topological polar surface area (TPSA) is 174 Å². The molecule has 0 unspecified atom stereocenters. The van der Waals surface area contributed by atoms with Crippen LogP contribution in [0.4, 0.5) is 10.6 Å². The molecule has 1 aromatic carbocycles. The Kier molecular flexibility index (Phi) is 12.9. The maximum atomic E-state index is 13.7. The van der Waals surface area contributed by atoms with Crippen LogP contribution in [0.15, 0.2) is 36.4 Å². The van der Waals surface area contributed by atoms with Crippen molar-refractivity contribution in [1.29, 1.82) is 0 Å². The first kappa shape index (κ1) is 35.1. The van der Waals surface area contributed by atoms with Gasteiger partial charge in [-0.2, -0.15) is 0 Å². The molecule has 0 radical (unpaired) electrons. The molecule has 14 heteroatoms. The highest BCUT2D eigenvalue weighted by Gasteiger charge is 2.32. The van der Waals surface area contributed by atoms with Gasteiger partial charge in [0.2, 0.25) is 11.8 Å². The number of hydrogen-bond donors (Lipinski definition) is 3. The Morgan fingerprint density at radius 1 is 0.957 bits per heavy atom. The number of aliphatic carboxylic acids is 1. The van der Waals surface area contributed by atoms with Crippen molar-refractivity contribution in [1.82, 2.24) is 30.4 Å². The van der Waals surface area contributed by atoms with Crippen LogP contribution < -0.4 is 15.5 Å². The van der Waals surface area contributed by atoms with Crippen LogP contribution in [0.25, 0.3) is 11.4 Å². The highest BCUT2D eigenvalue weighted by Crippen LogP contribution is 2.25. The lowest BCUT2D eigenvalue weighted by atomic mass is 9.96. The van der Waals surface area contributed by atoms with E-state index in [1.807, 2.05) is 49.1 Å². The van der Waals surface area contributed by atoms with Crippen molar-refractivity contribution >= 4 is 35.6 Å². The van der Waals surface area contributed by atoms with Crippen LogP contribution >= 0.6 is 0 Å². The first-order valence-corrected chi connectivity index (χ1v) is 16.4. The summed E-state index contributed by atoms with van der Waals surface area (Å²) in [7, 11) is 0. The number of rotatable bonds is 13. The predicted molar refractivity (Wildman–Crippen MR) is 174 cm³/mol. The maximum Gasteiger partial charge on any atom is 0.409 e. The van der Waals surface area contributed by atoms with Crippen LogP contribution in [-0.2, 0) is 19.1 Å². The summed E-state index contributed by atoms with van der Waals surface area (Å²) in [4.78, 5) is 77.9. The van der Waals surface area contributed by atoms with E-state index < -0.39 is 29.9 Å². The van der Waals surface area contributed by atoms with Crippen LogP contribution in [0, 0.1) is 5.92 Å². The summed E-state index contributed by atoms with van der Waals surface area (Å²) in [6.45, 7) is 6.91. The number of piperazine rings is 1. The van der Waals surface area contributed by atoms with Crippen molar-refractivity contribution in [2.45, 2.75) is 58.4 Å². The molecule has 2 aliphatic rings. The van der Waals surface area contributed by atoms with Gasteiger partial charge in [-0.3, -0.25) is 19.2 Å². The van der Waals surface area contributed by atoms with E-state index in [4.69, 9.17) is 9.72 Å². The van der Waals surface area contributed by atoms with Crippen LogP contribution in [0.3, 0.4) is 0 Å². The summed E-state index contributed by atoms with van der Waals surface area (Å²) in [6, 6.07) is 9.66. The normalized spacial score (nSPS) is 15.9. The number of carboxylic acids is 1. The standard InChI is InChI=1S/C33H45N7O7/c1-3-5-21-47-33(46)40-19-17-39(18-20-40)32(45)25(11-12-28(41)42)36-31(44)26-22-27(37-29(35-26)23-9-7-6-8-10-23)38-15-13-24(14-16-38)30(43)34-4-2/h6-10,22,24-25H,3-5,11-21H2,1-2H3,(H,34,43)(H,36,44)(H,41,42)/t25-/m0/s1. The van der Waals surface area contributed by atoms with Gasteiger partial charge >= 0.3 is 12.1 Å². The number of aromatic nitrogens is 2. The highest BCUT2D eigenvalue weighted by molar-refractivity contribution is 5.97. The SMILES string of the molecule is CCCCOC(=O)N1CCN(C(=O)[C@H](CCC(=O)O)NC(=O)c2cc(N3CCC(C(=O)NCC)CC3)nc(-c3ccccc3)n2)CC1. The van der Waals surface area contributed by atoms with E-state index in [0.29, 0.717) is 56.3 Å². The van der Waals surface area contributed by atoms with Gasteiger partial charge in [0.05, 0.1) is 6.61 Å². The first-order valence-electron chi connectivity index (χ1n) is 16.4. The molecule has 0 spiro atoms. The number of carbonyl (C=O) groups is 5. The van der Waals surface area contributed by atoms with E-state index in [9.17, 15) is 29.1 Å². The molecule has 0 saturated carbocycles. The number of ether oxygens (including phenoxy) is 1. The zero-order chi connectivity index (χ0) is 33.8. The average Bonchev–Trinajstić information content (AvgIpc) is 3.10. The first-order chi connectivity index (χ1) is 22.7. The van der Waals surface area contributed by atoms with E-state index in [2.05, 4.69) is 15.6 Å². The van der Waals surface area contributed by atoms with Crippen molar-refractivity contribution in [2.75, 3.05) is 57.3 Å². The molecule has 254 valence electrons. The molecule has 0 bridgehead atoms. The van der Waals surface area contributed by atoms with E-state index in [1.165, 1.54) is 9.80 Å². The zero-order valence-electron chi connectivity index (χ0n) is 27.2. The number of nitrogens with one attached hydrogen (secondary N) is 2. The fourth-order valence-corrected chi connectivity index (χ4v) is 5.60. The summed E-state index contributed by atoms with van der Waals surface area (Å²) < 4.78 is 5.28. The molecule has 0 aliphatic carbocycles. The molecule has 14 nitrogen and oxygen atoms in total. The van der Waals surface area contributed by atoms with Crippen LogP contribution in [0.5, 0.6) is 0 Å². The number of anilines is 1. The molecule has 3 N–H and O–H groups in total. The Labute approximate surface area is 274 Å². The third-order valence-electron chi connectivity index (χ3n) is 8.34. The minimum Gasteiger partial charge on any atom is -0.481 e. The number of unbranched alkanes of at least 4 members (excludes halogenated alkanes) is 1. The lowest BCUT2D eigenvalue weighted by Gasteiger charge is -2.36. The number of nitrogens with zero attached hydrogens (tertiary/aromatic N) is 5. The second-order valence-corrected chi connectivity index (χ2v) is 11.7. The Morgan fingerprint density at radius 2 is 1.64 bits per heavy atom. The third-order valence-corrected chi connectivity index (χ3v) is 8.34. The average molecular weight is 652 g/mol. The van der Waals surface area contributed by atoms with Crippen LogP contribution in [0.2, 0.25) is 0 Å². The summed E-state index contributed by atoms with van der Waals surface area (Å²) in [5.74, 6) is -1.37. The number of carbonyl (C=O) groups excluding carboxylic acids is 4. The smallest absolute Gasteiger partial charge is 0.409 e. The maximum absolute atomic E-state index is 13.7. The Hall–Kier alpha value is -4.75. The molecule has 4 amide bonds. The lowest BCUT2D eigenvalue weighted by Crippen LogP contribution is -2.56. The van der Waals surface area contributed by atoms with Gasteiger partial charge < -0.3 is 35.2 Å². The monoisotopic (exact) mass is 651 g/mol. The van der Waals surface area contributed by atoms with Crippen molar-refractivity contribution < 1.29 is 33.8 Å². The van der Waals surface area contributed by atoms with Gasteiger partial charge in [-0.1, -0.05) is 43.7 Å².